The molecule has 35 heavy (non-hydrogen) atoms. The molecule has 4 bridgehead atoms. The average Bonchev–Trinajstić information content (AvgIpc) is 3.32. The van der Waals surface area contributed by atoms with E-state index in [9.17, 15) is 14.7 Å². The fraction of sp³-hybridized carbons (Fsp3) is 0.556. The topological polar surface area (TPSA) is 107 Å². The Labute approximate surface area is 205 Å². The molecule has 1 aliphatic heterocycles. The van der Waals surface area contributed by atoms with Gasteiger partial charge in [-0.2, -0.15) is 0 Å². The van der Waals surface area contributed by atoms with Gasteiger partial charge in [0.1, 0.15) is 17.2 Å². The Morgan fingerprint density at radius 2 is 1.66 bits per heavy atom. The molecular weight excluding hydrogens is 442 g/mol. The van der Waals surface area contributed by atoms with Gasteiger partial charge in [0.25, 0.3) is 11.8 Å². The third-order valence-corrected chi connectivity index (χ3v) is 8.57. The molecule has 0 aromatic carbocycles. The molecule has 2 aromatic rings. The first-order chi connectivity index (χ1) is 17.0. The summed E-state index contributed by atoms with van der Waals surface area (Å²) in [6, 6.07) is 11.0. The van der Waals surface area contributed by atoms with E-state index in [4.69, 9.17) is 0 Å². The predicted molar refractivity (Wildman–Crippen MR) is 131 cm³/mol. The fourth-order valence-corrected chi connectivity index (χ4v) is 7.70. The van der Waals surface area contributed by atoms with E-state index in [0.717, 1.165) is 57.3 Å². The minimum Gasteiger partial charge on any atom is -0.394 e. The molecular formula is C27H33N5O3. The van der Waals surface area contributed by atoms with Crippen molar-refractivity contribution in [1.82, 2.24) is 20.6 Å². The highest BCUT2D eigenvalue weighted by Gasteiger charge is 2.59. The quantitative estimate of drug-likeness (QED) is 0.593. The lowest BCUT2D eigenvalue weighted by Crippen LogP contribution is -2.70. The Hall–Kier alpha value is -3.00. The van der Waals surface area contributed by atoms with Crippen molar-refractivity contribution in [3.8, 4) is 0 Å². The van der Waals surface area contributed by atoms with Gasteiger partial charge in [-0.3, -0.25) is 14.6 Å². The molecule has 3 heterocycles. The van der Waals surface area contributed by atoms with Crippen LogP contribution in [0.3, 0.4) is 0 Å². The van der Waals surface area contributed by atoms with E-state index in [2.05, 4.69) is 25.5 Å². The highest BCUT2D eigenvalue weighted by atomic mass is 16.3. The van der Waals surface area contributed by atoms with Crippen LogP contribution < -0.4 is 15.5 Å². The molecule has 2 unspecified atom stereocenters. The Kier molecular flexibility index (Phi) is 5.51. The second kappa shape index (κ2) is 8.59. The van der Waals surface area contributed by atoms with Crippen molar-refractivity contribution in [3.63, 3.8) is 0 Å². The Balaban J connectivity index is 1.21. The summed E-state index contributed by atoms with van der Waals surface area (Å²) in [6.45, 7) is 0.936. The van der Waals surface area contributed by atoms with Crippen LogP contribution >= 0.6 is 0 Å². The molecule has 4 aliphatic carbocycles. The predicted octanol–water partition coefficient (Wildman–Crippen LogP) is 2.69. The van der Waals surface area contributed by atoms with E-state index in [1.54, 1.807) is 18.3 Å². The van der Waals surface area contributed by atoms with Crippen LogP contribution in [-0.2, 0) is 0 Å². The van der Waals surface area contributed by atoms with E-state index in [-0.39, 0.29) is 35.5 Å². The maximum Gasteiger partial charge on any atom is 0.270 e. The molecule has 8 heteroatoms. The van der Waals surface area contributed by atoms with E-state index < -0.39 is 0 Å². The van der Waals surface area contributed by atoms with Gasteiger partial charge in [0.15, 0.2) is 0 Å². The third-order valence-electron chi connectivity index (χ3n) is 8.57. The zero-order valence-electron chi connectivity index (χ0n) is 19.9. The standard InChI is InChI=1S/C27H33N5O3/c33-16-20-5-4-10-32(20)23-8-3-7-22(29-23)25(35)31-27-14-18-11-19(15-27)13-26(12-18,17-27)30-24(34)21-6-1-2-9-28-21/h1-3,6-9,18-20,33H,4-5,10-17H2,(H,30,34)(H,31,35)/t18?,19?,20-,26?,27?/m1/s1. The number of carbonyl (C=O) groups excluding carboxylic acids is 2. The van der Waals surface area contributed by atoms with Crippen LogP contribution in [0.4, 0.5) is 5.82 Å². The SMILES string of the molecule is O=C(NC12CC3CC(C1)CC(NC(=O)c1cccc(N4CCC[C@@H]4CO)n1)(C3)C2)c1ccccn1. The minimum atomic E-state index is -0.322. The molecule has 4 saturated carbocycles. The number of aliphatic hydroxyl groups is 1. The van der Waals surface area contributed by atoms with Gasteiger partial charge in [-0.05, 0) is 87.5 Å². The second-order valence-electron chi connectivity index (χ2n) is 11.2. The zero-order chi connectivity index (χ0) is 24.0. The van der Waals surface area contributed by atoms with Gasteiger partial charge in [0.05, 0.1) is 12.6 Å². The fourth-order valence-electron chi connectivity index (χ4n) is 7.70. The molecule has 5 aliphatic rings. The van der Waals surface area contributed by atoms with Crippen molar-refractivity contribution >= 4 is 17.6 Å². The molecule has 2 amide bonds. The van der Waals surface area contributed by atoms with Gasteiger partial charge < -0.3 is 20.6 Å². The summed E-state index contributed by atoms with van der Waals surface area (Å²) < 4.78 is 0. The van der Waals surface area contributed by atoms with Gasteiger partial charge >= 0.3 is 0 Å². The van der Waals surface area contributed by atoms with Crippen LogP contribution in [0.5, 0.6) is 0 Å². The number of amides is 2. The highest BCUT2D eigenvalue weighted by molar-refractivity contribution is 5.94. The number of carbonyl (C=O) groups is 2. The van der Waals surface area contributed by atoms with E-state index in [0.29, 0.717) is 23.2 Å². The first kappa shape index (κ1) is 22.5. The number of anilines is 1. The maximum atomic E-state index is 13.5. The molecule has 184 valence electrons. The van der Waals surface area contributed by atoms with Crippen molar-refractivity contribution in [1.29, 1.82) is 0 Å². The Morgan fingerprint density at radius 1 is 0.971 bits per heavy atom. The molecule has 0 radical (unpaired) electrons. The van der Waals surface area contributed by atoms with E-state index in [1.165, 1.54) is 6.42 Å². The van der Waals surface area contributed by atoms with Crippen molar-refractivity contribution in [2.75, 3.05) is 18.1 Å². The number of rotatable bonds is 6. The number of pyridine rings is 2. The summed E-state index contributed by atoms with van der Waals surface area (Å²) in [5.74, 6) is 1.45. The van der Waals surface area contributed by atoms with Crippen LogP contribution in [0.2, 0.25) is 0 Å². The highest BCUT2D eigenvalue weighted by Crippen LogP contribution is 2.57. The number of nitrogens with zero attached hydrogens (tertiary/aromatic N) is 3. The number of hydrogen-bond acceptors (Lipinski definition) is 6. The van der Waals surface area contributed by atoms with Crippen LogP contribution in [0.25, 0.3) is 0 Å². The molecule has 1 saturated heterocycles. The molecule has 7 rings (SSSR count). The Bertz CT molecular complexity index is 1110. The molecule has 2 aromatic heterocycles. The van der Waals surface area contributed by atoms with Crippen molar-refractivity contribution in [3.05, 3.63) is 54.0 Å². The van der Waals surface area contributed by atoms with Gasteiger partial charge in [-0.25, -0.2) is 4.98 Å². The number of nitrogens with one attached hydrogen (secondary N) is 2. The van der Waals surface area contributed by atoms with Crippen molar-refractivity contribution < 1.29 is 14.7 Å². The van der Waals surface area contributed by atoms with Crippen molar-refractivity contribution in [2.24, 2.45) is 11.8 Å². The molecule has 3 N–H and O–H groups in total. The first-order valence-electron chi connectivity index (χ1n) is 12.9. The molecule has 3 atom stereocenters. The second-order valence-corrected chi connectivity index (χ2v) is 11.2. The van der Waals surface area contributed by atoms with Gasteiger partial charge in [-0.1, -0.05) is 12.1 Å². The summed E-state index contributed by atoms with van der Waals surface area (Å²) in [5, 5.41) is 16.4. The lowest BCUT2D eigenvalue weighted by molar-refractivity contribution is -0.0449. The van der Waals surface area contributed by atoms with Gasteiger partial charge in [0.2, 0.25) is 0 Å². The normalized spacial score (nSPS) is 33.1. The maximum absolute atomic E-state index is 13.5. The number of aromatic nitrogens is 2. The number of hydrogen-bond donors (Lipinski definition) is 3. The van der Waals surface area contributed by atoms with Gasteiger partial charge in [-0.15, -0.1) is 0 Å². The van der Waals surface area contributed by atoms with Gasteiger partial charge in [0, 0.05) is 23.8 Å². The summed E-state index contributed by atoms with van der Waals surface area (Å²) in [4.78, 5) is 37.5. The summed E-state index contributed by atoms with van der Waals surface area (Å²) in [7, 11) is 0. The first-order valence-corrected chi connectivity index (χ1v) is 12.9. The lowest BCUT2D eigenvalue weighted by atomic mass is 9.49. The minimum absolute atomic E-state index is 0.0616. The molecule has 8 nitrogen and oxygen atoms in total. The van der Waals surface area contributed by atoms with Crippen LogP contribution in [0, 0.1) is 11.8 Å². The molecule has 0 spiro atoms. The third kappa shape index (κ3) is 4.18. The summed E-state index contributed by atoms with van der Waals surface area (Å²) in [6.07, 6.45) is 9.34. The largest absolute Gasteiger partial charge is 0.394 e. The monoisotopic (exact) mass is 475 g/mol. The van der Waals surface area contributed by atoms with E-state index >= 15 is 0 Å². The van der Waals surface area contributed by atoms with Crippen LogP contribution in [0.15, 0.2) is 42.6 Å². The Morgan fingerprint density at radius 3 is 2.31 bits per heavy atom. The zero-order valence-corrected chi connectivity index (χ0v) is 19.9. The van der Waals surface area contributed by atoms with Crippen LogP contribution in [-0.4, -0.2) is 57.2 Å². The average molecular weight is 476 g/mol. The smallest absolute Gasteiger partial charge is 0.270 e. The lowest BCUT2D eigenvalue weighted by Gasteiger charge is -2.62. The number of aliphatic hydroxyl groups excluding tert-OH is 1. The summed E-state index contributed by atoms with van der Waals surface area (Å²) in [5.41, 5.74) is 0.224. The van der Waals surface area contributed by atoms with E-state index in [1.807, 2.05) is 24.3 Å². The summed E-state index contributed by atoms with van der Waals surface area (Å²) >= 11 is 0. The van der Waals surface area contributed by atoms with Crippen molar-refractivity contribution in [2.45, 2.75) is 68.5 Å². The molecule has 5 fully saturated rings. The van der Waals surface area contributed by atoms with Crippen LogP contribution in [0.1, 0.15) is 72.3 Å².